The lowest BCUT2D eigenvalue weighted by Gasteiger charge is -2.15. The number of aromatic nitrogens is 2. The first-order valence-electron chi connectivity index (χ1n) is 4.67. The molecule has 0 amide bonds. The van der Waals surface area contributed by atoms with Gasteiger partial charge in [0.2, 0.25) is 10.0 Å². The van der Waals surface area contributed by atoms with Crippen LogP contribution in [0.3, 0.4) is 0 Å². The number of hydrogen-bond acceptors (Lipinski definition) is 4. The van der Waals surface area contributed by atoms with Crippen LogP contribution in [0.15, 0.2) is 17.3 Å². The van der Waals surface area contributed by atoms with Crippen molar-refractivity contribution in [2.45, 2.75) is 24.8 Å². The Morgan fingerprint density at radius 3 is 2.73 bits per heavy atom. The Morgan fingerprint density at radius 2 is 2.27 bits per heavy atom. The van der Waals surface area contributed by atoms with Gasteiger partial charge in [-0.1, -0.05) is 13.8 Å². The second-order valence-corrected chi connectivity index (χ2v) is 5.46. The van der Waals surface area contributed by atoms with E-state index in [0.717, 1.165) is 0 Å². The summed E-state index contributed by atoms with van der Waals surface area (Å²) in [7, 11) is -3.47. The summed E-state index contributed by atoms with van der Waals surface area (Å²) in [6, 6.07) is -0.188. The van der Waals surface area contributed by atoms with E-state index in [1.807, 2.05) is 13.8 Å². The lowest BCUT2D eigenvalue weighted by Crippen LogP contribution is -2.40. The second-order valence-electron chi connectivity index (χ2n) is 3.69. The van der Waals surface area contributed by atoms with Gasteiger partial charge < -0.3 is 5.73 Å². The van der Waals surface area contributed by atoms with Crippen molar-refractivity contribution in [1.82, 2.24) is 14.9 Å². The van der Waals surface area contributed by atoms with Crippen LogP contribution in [0.1, 0.15) is 13.8 Å². The van der Waals surface area contributed by atoms with Crippen LogP contribution in [0, 0.1) is 5.92 Å². The number of nitrogens with two attached hydrogens (primary N) is 1. The van der Waals surface area contributed by atoms with Gasteiger partial charge in [0, 0.05) is 18.8 Å². The standard InChI is InChI=1S/C8H16N4O2S/c1-6(2)8(9)5-12-15(13,14)7-3-10-11-4-7/h3-4,6,8,12H,5,9H2,1-2H3,(H,10,11). The maximum absolute atomic E-state index is 11.6. The lowest BCUT2D eigenvalue weighted by molar-refractivity contribution is 0.481. The molecule has 1 aromatic rings. The fraction of sp³-hybridized carbons (Fsp3) is 0.625. The molecule has 4 N–H and O–H groups in total. The smallest absolute Gasteiger partial charge is 0.243 e. The average molecular weight is 232 g/mol. The van der Waals surface area contributed by atoms with Crippen LogP contribution in [0.4, 0.5) is 0 Å². The van der Waals surface area contributed by atoms with Gasteiger partial charge in [0.1, 0.15) is 4.90 Å². The molecule has 7 heteroatoms. The first-order valence-corrected chi connectivity index (χ1v) is 6.16. The van der Waals surface area contributed by atoms with Crippen LogP contribution >= 0.6 is 0 Å². The molecule has 1 aromatic heterocycles. The fourth-order valence-corrected chi connectivity index (χ4v) is 1.89. The Kier molecular flexibility index (Phi) is 3.83. The molecule has 0 radical (unpaired) electrons. The highest BCUT2D eigenvalue weighted by atomic mass is 32.2. The predicted molar refractivity (Wildman–Crippen MR) is 56.6 cm³/mol. The molecule has 1 rings (SSSR count). The van der Waals surface area contributed by atoms with Crippen LogP contribution in [0.2, 0.25) is 0 Å². The molecule has 0 aliphatic heterocycles. The summed E-state index contributed by atoms with van der Waals surface area (Å²) in [5.74, 6) is 0.233. The Bertz CT molecular complexity index is 385. The molecule has 0 aliphatic rings. The minimum absolute atomic E-state index is 0.124. The molecule has 1 heterocycles. The van der Waals surface area contributed by atoms with E-state index in [4.69, 9.17) is 5.73 Å². The molecule has 0 spiro atoms. The van der Waals surface area contributed by atoms with Crippen LogP contribution in [0.5, 0.6) is 0 Å². The van der Waals surface area contributed by atoms with Crippen LogP contribution < -0.4 is 10.5 Å². The molecule has 0 fully saturated rings. The van der Waals surface area contributed by atoms with Gasteiger partial charge in [0.15, 0.2) is 0 Å². The van der Waals surface area contributed by atoms with Crippen LogP contribution in [0.25, 0.3) is 0 Å². The summed E-state index contributed by atoms with van der Waals surface area (Å²) in [6.07, 6.45) is 2.58. The Hall–Kier alpha value is -0.920. The monoisotopic (exact) mass is 232 g/mol. The van der Waals surface area contributed by atoms with Crippen molar-refractivity contribution in [2.75, 3.05) is 6.54 Å². The highest BCUT2D eigenvalue weighted by Gasteiger charge is 2.17. The largest absolute Gasteiger partial charge is 0.326 e. The van der Waals surface area contributed by atoms with E-state index in [2.05, 4.69) is 14.9 Å². The number of sulfonamides is 1. The number of hydrogen-bond donors (Lipinski definition) is 3. The van der Waals surface area contributed by atoms with E-state index >= 15 is 0 Å². The summed E-state index contributed by atoms with van der Waals surface area (Å²) >= 11 is 0. The molecule has 1 atom stereocenters. The summed E-state index contributed by atoms with van der Waals surface area (Å²) in [5.41, 5.74) is 5.73. The third kappa shape index (κ3) is 3.29. The molecule has 0 aromatic carbocycles. The van der Waals surface area contributed by atoms with Crippen molar-refractivity contribution >= 4 is 10.0 Å². The van der Waals surface area contributed by atoms with E-state index in [9.17, 15) is 8.42 Å². The number of nitrogens with zero attached hydrogens (tertiary/aromatic N) is 1. The van der Waals surface area contributed by atoms with Gasteiger partial charge in [0.05, 0.1) is 6.20 Å². The topological polar surface area (TPSA) is 101 Å². The molecule has 0 saturated carbocycles. The number of rotatable bonds is 5. The minimum atomic E-state index is -3.47. The van der Waals surface area contributed by atoms with Gasteiger partial charge in [-0.3, -0.25) is 5.10 Å². The molecule has 0 bridgehead atoms. The fourth-order valence-electron chi connectivity index (χ4n) is 0.911. The van der Waals surface area contributed by atoms with Crippen LogP contribution in [-0.2, 0) is 10.0 Å². The maximum Gasteiger partial charge on any atom is 0.243 e. The van der Waals surface area contributed by atoms with Gasteiger partial charge in [-0.2, -0.15) is 5.10 Å². The van der Waals surface area contributed by atoms with Gasteiger partial charge >= 0.3 is 0 Å². The molecule has 0 saturated heterocycles. The summed E-state index contributed by atoms with van der Waals surface area (Å²) in [5, 5.41) is 6.02. The zero-order valence-corrected chi connectivity index (χ0v) is 9.58. The Balaban J connectivity index is 2.59. The third-order valence-corrected chi connectivity index (χ3v) is 3.54. The maximum atomic E-state index is 11.6. The van der Waals surface area contributed by atoms with E-state index < -0.39 is 10.0 Å². The van der Waals surface area contributed by atoms with Crippen molar-refractivity contribution < 1.29 is 8.42 Å². The van der Waals surface area contributed by atoms with Gasteiger partial charge in [0.25, 0.3) is 0 Å². The molecule has 1 unspecified atom stereocenters. The normalized spacial score (nSPS) is 14.4. The lowest BCUT2D eigenvalue weighted by atomic mass is 10.1. The number of H-pyrrole nitrogens is 1. The summed E-state index contributed by atoms with van der Waals surface area (Å²) in [6.45, 7) is 4.11. The van der Waals surface area contributed by atoms with Crippen molar-refractivity contribution in [3.63, 3.8) is 0 Å². The minimum Gasteiger partial charge on any atom is -0.326 e. The van der Waals surface area contributed by atoms with Crippen LogP contribution in [-0.4, -0.2) is 31.2 Å². The Labute approximate surface area is 89.3 Å². The quantitative estimate of drug-likeness (QED) is 0.647. The first kappa shape index (κ1) is 12.2. The number of nitrogens with one attached hydrogen (secondary N) is 2. The average Bonchev–Trinajstić information content (AvgIpc) is 2.67. The highest BCUT2D eigenvalue weighted by molar-refractivity contribution is 7.89. The molecule has 0 aliphatic carbocycles. The predicted octanol–water partition coefficient (Wildman–Crippen LogP) is -0.329. The molecule has 15 heavy (non-hydrogen) atoms. The molecule has 86 valence electrons. The summed E-state index contributed by atoms with van der Waals surface area (Å²) in [4.78, 5) is 0.124. The molecule has 6 nitrogen and oxygen atoms in total. The molecular weight excluding hydrogens is 216 g/mol. The van der Waals surface area contributed by atoms with Crippen molar-refractivity contribution in [2.24, 2.45) is 11.7 Å². The van der Waals surface area contributed by atoms with Crippen molar-refractivity contribution in [3.05, 3.63) is 12.4 Å². The summed E-state index contributed by atoms with van der Waals surface area (Å²) < 4.78 is 25.6. The zero-order chi connectivity index (χ0) is 11.5. The first-order chi connectivity index (χ1) is 6.93. The van der Waals surface area contributed by atoms with E-state index in [0.29, 0.717) is 0 Å². The third-order valence-electron chi connectivity index (χ3n) is 2.15. The second kappa shape index (κ2) is 4.73. The van der Waals surface area contributed by atoms with E-state index in [1.165, 1.54) is 12.4 Å². The van der Waals surface area contributed by atoms with Crippen molar-refractivity contribution in [3.8, 4) is 0 Å². The van der Waals surface area contributed by atoms with Gasteiger partial charge in [-0.05, 0) is 5.92 Å². The van der Waals surface area contributed by atoms with E-state index in [1.54, 1.807) is 0 Å². The highest BCUT2D eigenvalue weighted by Crippen LogP contribution is 2.05. The SMILES string of the molecule is CC(C)C(N)CNS(=O)(=O)c1cn[nH]c1. The Morgan fingerprint density at radius 1 is 1.60 bits per heavy atom. The molecular formula is C8H16N4O2S. The van der Waals surface area contributed by atoms with Gasteiger partial charge in [-0.25, -0.2) is 13.1 Å². The van der Waals surface area contributed by atoms with Crippen molar-refractivity contribution in [1.29, 1.82) is 0 Å². The van der Waals surface area contributed by atoms with Gasteiger partial charge in [-0.15, -0.1) is 0 Å². The number of aromatic amines is 1. The van der Waals surface area contributed by atoms with E-state index in [-0.39, 0.29) is 23.4 Å². The zero-order valence-electron chi connectivity index (χ0n) is 8.77.